The van der Waals surface area contributed by atoms with Crippen molar-refractivity contribution in [2.75, 3.05) is 32.0 Å². The molecular weight excluding hydrogens is 242 g/mol. The molecule has 0 atom stereocenters. The van der Waals surface area contributed by atoms with Crippen LogP contribution in [-0.2, 0) is 0 Å². The molecule has 0 aliphatic rings. The summed E-state index contributed by atoms with van der Waals surface area (Å²) in [5.74, 6) is 0.993. The lowest BCUT2D eigenvalue weighted by Crippen LogP contribution is -2.28. The summed E-state index contributed by atoms with van der Waals surface area (Å²) in [7, 11) is 0. The number of aromatic nitrogens is 1. The van der Waals surface area contributed by atoms with Crippen molar-refractivity contribution in [1.82, 2.24) is 9.88 Å². The molecule has 0 bridgehead atoms. The summed E-state index contributed by atoms with van der Waals surface area (Å²) in [6, 6.07) is 3.53. The van der Waals surface area contributed by atoms with Crippen molar-refractivity contribution in [3.63, 3.8) is 0 Å². The van der Waals surface area contributed by atoms with Crippen LogP contribution in [0.1, 0.15) is 27.7 Å². The fourth-order valence-electron chi connectivity index (χ4n) is 1.65. The van der Waals surface area contributed by atoms with Crippen LogP contribution >= 0.6 is 0 Å². The van der Waals surface area contributed by atoms with E-state index in [1.54, 1.807) is 12.1 Å². The molecule has 0 aliphatic heterocycles. The smallest absolute Gasteiger partial charge is 0.240 e. The Morgan fingerprint density at radius 1 is 1.26 bits per heavy atom. The highest BCUT2D eigenvalue weighted by Crippen LogP contribution is 2.23. The highest BCUT2D eigenvalue weighted by molar-refractivity contribution is 5.49. The van der Waals surface area contributed by atoms with E-state index in [9.17, 15) is 0 Å². The van der Waals surface area contributed by atoms with E-state index in [2.05, 4.69) is 23.7 Å². The standard InChI is InChI=1S/C14H25N3O2/c1-5-17(6-2)9-10-18-13-8-7-12(15)14(16-13)19-11(3)4/h7-8,11H,5-6,9-10,15H2,1-4H3. The Balaban J connectivity index is 2.54. The normalized spacial score (nSPS) is 11.1. The molecule has 1 aromatic rings. The maximum atomic E-state index is 5.81. The Hall–Kier alpha value is -1.49. The molecular formula is C14H25N3O2. The van der Waals surface area contributed by atoms with Crippen LogP contribution in [0.3, 0.4) is 0 Å². The zero-order valence-corrected chi connectivity index (χ0v) is 12.3. The molecule has 0 aromatic carbocycles. The fourth-order valence-corrected chi connectivity index (χ4v) is 1.65. The molecule has 2 N–H and O–H groups in total. The van der Waals surface area contributed by atoms with Gasteiger partial charge in [-0.15, -0.1) is 0 Å². The van der Waals surface area contributed by atoms with Gasteiger partial charge in [0.15, 0.2) is 0 Å². The Bertz CT molecular complexity index is 379. The molecule has 0 amide bonds. The minimum Gasteiger partial charge on any atom is -0.476 e. The maximum Gasteiger partial charge on any atom is 0.240 e. The average Bonchev–Trinajstić information content (AvgIpc) is 2.38. The van der Waals surface area contributed by atoms with Crippen molar-refractivity contribution < 1.29 is 9.47 Å². The second-order valence-electron chi connectivity index (χ2n) is 4.59. The third-order valence-electron chi connectivity index (χ3n) is 2.76. The number of hydrogen-bond acceptors (Lipinski definition) is 5. The first-order chi connectivity index (χ1) is 9.06. The van der Waals surface area contributed by atoms with Crippen molar-refractivity contribution in [3.8, 4) is 11.8 Å². The highest BCUT2D eigenvalue weighted by Gasteiger charge is 2.07. The number of nitrogen functional groups attached to an aromatic ring is 1. The molecule has 5 heteroatoms. The Morgan fingerprint density at radius 3 is 2.53 bits per heavy atom. The van der Waals surface area contributed by atoms with E-state index in [-0.39, 0.29) is 6.10 Å². The van der Waals surface area contributed by atoms with Crippen molar-refractivity contribution in [2.45, 2.75) is 33.8 Å². The number of rotatable bonds is 8. The van der Waals surface area contributed by atoms with Crippen LogP contribution in [-0.4, -0.2) is 42.2 Å². The zero-order valence-electron chi connectivity index (χ0n) is 12.3. The van der Waals surface area contributed by atoms with E-state index in [0.29, 0.717) is 24.1 Å². The SMILES string of the molecule is CCN(CC)CCOc1ccc(N)c(OC(C)C)n1. The summed E-state index contributed by atoms with van der Waals surface area (Å²) in [6.07, 6.45) is 0.0423. The van der Waals surface area contributed by atoms with Gasteiger partial charge >= 0.3 is 0 Å². The van der Waals surface area contributed by atoms with Crippen molar-refractivity contribution in [2.24, 2.45) is 0 Å². The summed E-state index contributed by atoms with van der Waals surface area (Å²) in [5, 5.41) is 0. The number of likely N-dealkylation sites (N-methyl/N-ethyl adjacent to an activating group) is 1. The number of hydrogen-bond donors (Lipinski definition) is 1. The van der Waals surface area contributed by atoms with Gasteiger partial charge in [0.05, 0.1) is 11.8 Å². The van der Waals surface area contributed by atoms with Gasteiger partial charge < -0.3 is 20.1 Å². The van der Waals surface area contributed by atoms with Crippen LogP contribution < -0.4 is 15.2 Å². The molecule has 1 heterocycles. The summed E-state index contributed by atoms with van der Waals surface area (Å²) in [4.78, 5) is 6.57. The monoisotopic (exact) mass is 267 g/mol. The van der Waals surface area contributed by atoms with Crippen LogP contribution in [0.4, 0.5) is 5.69 Å². The molecule has 19 heavy (non-hydrogen) atoms. The van der Waals surface area contributed by atoms with Crippen LogP contribution in [0, 0.1) is 0 Å². The van der Waals surface area contributed by atoms with Gasteiger partial charge in [-0.1, -0.05) is 13.8 Å². The molecule has 0 aliphatic carbocycles. The first-order valence-electron chi connectivity index (χ1n) is 6.85. The van der Waals surface area contributed by atoms with Crippen LogP contribution in [0.25, 0.3) is 0 Å². The van der Waals surface area contributed by atoms with Gasteiger partial charge in [-0.2, -0.15) is 4.98 Å². The molecule has 0 unspecified atom stereocenters. The van der Waals surface area contributed by atoms with Crippen molar-refractivity contribution >= 4 is 5.69 Å². The van der Waals surface area contributed by atoms with Crippen molar-refractivity contribution in [3.05, 3.63) is 12.1 Å². The summed E-state index contributed by atoms with van der Waals surface area (Å²) < 4.78 is 11.2. The van der Waals surface area contributed by atoms with Gasteiger partial charge in [-0.25, -0.2) is 0 Å². The van der Waals surface area contributed by atoms with E-state index in [4.69, 9.17) is 15.2 Å². The Morgan fingerprint density at radius 2 is 1.95 bits per heavy atom. The molecule has 1 aromatic heterocycles. The second kappa shape index (κ2) is 7.84. The summed E-state index contributed by atoms with van der Waals surface area (Å²) in [5.41, 5.74) is 6.34. The lowest BCUT2D eigenvalue weighted by atomic mass is 10.4. The molecule has 5 nitrogen and oxygen atoms in total. The predicted octanol–water partition coefficient (Wildman–Crippen LogP) is 2.17. The molecule has 0 saturated carbocycles. The number of ether oxygens (including phenoxy) is 2. The summed E-state index contributed by atoms with van der Waals surface area (Å²) >= 11 is 0. The van der Waals surface area contributed by atoms with Crippen LogP contribution in [0.5, 0.6) is 11.8 Å². The number of nitrogens with two attached hydrogens (primary N) is 1. The van der Waals surface area contributed by atoms with Gasteiger partial charge in [0.25, 0.3) is 0 Å². The Labute approximate surface area is 115 Å². The van der Waals surface area contributed by atoms with E-state index in [1.165, 1.54) is 0 Å². The van der Waals surface area contributed by atoms with E-state index >= 15 is 0 Å². The topological polar surface area (TPSA) is 60.6 Å². The minimum absolute atomic E-state index is 0.0423. The van der Waals surface area contributed by atoms with Gasteiger partial charge in [0.2, 0.25) is 11.8 Å². The Kier molecular flexibility index (Phi) is 6.42. The lowest BCUT2D eigenvalue weighted by Gasteiger charge is -2.18. The molecule has 0 saturated heterocycles. The average molecular weight is 267 g/mol. The number of nitrogens with zero attached hydrogens (tertiary/aromatic N) is 2. The van der Waals surface area contributed by atoms with E-state index in [0.717, 1.165) is 19.6 Å². The predicted molar refractivity (Wildman–Crippen MR) is 77.7 cm³/mol. The molecule has 0 spiro atoms. The second-order valence-corrected chi connectivity index (χ2v) is 4.59. The maximum absolute atomic E-state index is 5.81. The summed E-state index contributed by atoms with van der Waals surface area (Å²) in [6.45, 7) is 11.7. The zero-order chi connectivity index (χ0) is 14.3. The molecule has 0 fully saturated rings. The quantitative estimate of drug-likeness (QED) is 0.782. The number of pyridine rings is 1. The largest absolute Gasteiger partial charge is 0.476 e. The molecule has 1 rings (SSSR count). The van der Waals surface area contributed by atoms with Crippen molar-refractivity contribution in [1.29, 1.82) is 0 Å². The fraction of sp³-hybridized carbons (Fsp3) is 0.643. The van der Waals surface area contributed by atoms with Gasteiger partial charge in [0.1, 0.15) is 6.61 Å². The van der Waals surface area contributed by atoms with E-state index in [1.807, 2.05) is 13.8 Å². The minimum atomic E-state index is 0.0423. The molecule has 108 valence electrons. The number of anilines is 1. The van der Waals surface area contributed by atoms with Crippen LogP contribution in [0.2, 0.25) is 0 Å². The van der Waals surface area contributed by atoms with Gasteiger partial charge in [-0.3, -0.25) is 0 Å². The van der Waals surface area contributed by atoms with E-state index < -0.39 is 0 Å². The van der Waals surface area contributed by atoms with Gasteiger partial charge in [-0.05, 0) is 33.0 Å². The first kappa shape index (κ1) is 15.6. The first-order valence-corrected chi connectivity index (χ1v) is 6.85. The third-order valence-corrected chi connectivity index (χ3v) is 2.76. The van der Waals surface area contributed by atoms with Gasteiger partial charge in [0, 0.05) is 12.6 Å². The lowest BCUT2D eigenvalue weighted by molar-refractivity contribution is 0.208. The van der Waals surface area contributed by atoms with Crippen LogP contribution in [0.15, 0.2) is 12.1 Å². The highest BCUT2D eigenvalue weighted by atomic mass is 16.5. The third kappa shape index (κ3) is 5.34. The molecule has 0 radical (unpaired) electrons.